The molecule has 0 atom stereocenters. The molecule has 0 aromatic heterocycles. The number of rotatable bonds is 6. The van der Waals surface area contributed by atoms with Crippen LogP contribution in [0.15, 0.2) is 0 Å². The van der Waals surface area contributed by atoms with E-state index in [0.29, 0.717) is 0 Å². The maximum atomic E-state index is 6.36. The molecule has 0 aromatic carbocycles. The Morgan fingerprint density at radius 2 is 0.944 bits per heavy atom. The molecule has 0 fully saturated rings. The quantitative estimate of drug-likeness (QED) is 0.703. The maximum absolute atomic E-state index is 6.36. The van der Waals surface area contributed by atoms with E-state index in [-0.39, 0.29) is 5.04 Å². The molecule has 0 radical (unpaired) electrons. The third kappa shape index (κ3) is 5.24. The van der Waals surface area contributed by atoms with Gasteiger partial charge in [0.25, 0.3) is 0 Å². The van der Waals surface area contributed by atoms with E-state index in [1.165, 1.54) is 0 Å². The summed E-state index contributed by atoms with van der Waals surface area (Å²) in [6.07, 6.45) is 0. The van der Waals surface area contributed by atoms with Crippen molar-refractivity contribution < 1.29 is 17.1 Å². The molecule has 0 saturated heterocycles. The first kappa shape index (κ1) is 18.5. The van der Waals surface area contributed by atoms with Crippen molar-refractivity contribution in [1.82, 2.24) is 0 Å². The van der Waals surface area contributed by atoms with E-state index in [1.807, 2.05) is 0 Å². The van der Waals surface area contributed by atoms with Crippen molar-refractivity contribution in [3.05, 3.63) is 0 Å². The van der Waals surface area contributed by atoms with E-state index in [9.17, 15) is 0 Å². The Morgan fingerprint density at radius 1 is 0.667 bits per heavy atom. The molecule has 110 valence electrons. The Bertz CT molecular complexity index is 256. The molecule has 0 heterocycles. The van der Waals surface area contributed by atoms with Crippen molar-refractivity contribution in [1.29, 1.82) is 0 Å². The summed E-state index contributed by atoms with van der Waals surface area (Å²) in [4.78, 5) is 0. The molecule has 18 heavy (non-hydrogen) atoms. The molecular weight excluding hydrogens is 280 g/mol. The van der Waals surface area contributed by atoms with Gasteiger partial charge in [-0.25, -0.2) is 0 Å². The van der Waals surface area contributed by atoms with E-state index in [1.54, 1.807) is 14.2 Å². The van der Waals surface area contributed by atoms with Crippen LogP contribution in [-0.4, -0.2) is 39.9 Å². The average molecular weight is 311 g/mol. The van der Waals surface area contributed by atoms with Crippen molar-refractivity contribution in [2.45, 2.75) is 58.5 Å². The number of hydrogen-bond acceptors (Lipinski definition) is 4. The summed E-state index contributed by atoms with van der Waals surface area (Å²) < 4.78 is 23.8. The summed E-state index contributed by atoms with van der Waals surface area (Å²) in [5.41, 5.74) is 0. The highest BCUT2D eigenvalue weighted by atomic mass is 28.5. The van der Waals surface area contributed by atoms with E-state index < -0.39 is 25.7 Å². The second-order valence-electron chi connectivity index (χ2n) is 6.61. The summed E-state index contributed by atoms with van der Waals surface area (Å²) in [6.45, 7) is 16.8. The van der Waals surface area contributed by atoms with Crippen molar-refractivity contribution in [3.8, 4) is 0 Å². The first-order valence-electron chi connectivity index (χ1n) is 6.29. The second kappa shape index (κ2) is 5.86. The Labute approximate surface area is 116 Å². The van der Waals surface area contributed by atoms with E-state index >= 15 is 0 Å². The van der Waals surface area contributed by atoms with Gasteiger partial charge in [-0.2, -0.15) is 0 Å². The Kier molecular flexibility index (Phi) is 6.02. The van der Waals surface area contributed by atoms with Gasteiger partial charge in [0.1, 0.15) is 0 Å². The van der Waals surface area contributed by atoms with E-state index in [2.05, 4.69) is 53.5 Å². The summed E-state index contributed by atoms with van der Waals surface area (Å²) >= 11 is 0. The van der Waals surface area contributed by atoms with Crippen LogP contribution in [0, 0.1) is 0 Å². The average Bonchev–Trinajstić information content (AvgIpc) is 2.14. The lowest BCUT2D eigenvalue weighted by Crippen LogP contribution is -2.60. The second-order valence-corrected chi connectivity index (χ2v) is 18.0. The molecule has 0 aromatic rings. The van der Waals surface area contributed by atoms with Gasteiger partial charge in [-0.15, -0.1) is 0 Å². The summed E-state index contributed by atoms with van der Waals surface area (Å²) in [7, 11) is -3.23. The molecule has 0 N–H and O–H groups in total. The highest BCUT2D eigenvalue weighted by Gasteiger charge is 2.52. The zero-order valence-corrected chi connectivity index (χ0v) is 16.6. The highest BCUT2D eigenvalue weighted by molar-refractivity contribution is 6.86. The molecule has 7 heteroatoms. The van der Waals surface area contributed by atoms with Crippen LogP contribution in [0.5, 0.6) is 0 Å². The lowest BCUT2D eigenvalue weighted by Gasteiger charge is -2.45. The molecule has 4 nitrogen and oxygen atoms in total. The van der Waals surface area contributed by atoms with Gasteiger partial charge in [-0.1, -0.05) is 20.8 Å². The minimum absolute atomic E-state index is 0.0292. The van der Waals surface area contributed by atoms with Crippen LogP contribution < -0.4 is 0 Å². The van der Waals surface area contributed by atoms with Crippen LogP contribution in [0.4, 0.5) is 0 Å². The lowest BCUT2D eigenvalue weighted by molar-refractivity contribution is 0.227. The van der Waals surface area contributed by atoms with Crippen LogP contribution in [0.3, 0.4) is 0 Å². The fraction of sp³-hybridized carbons (Fsp3) is 1.00. The standard InChI is InChI=1S/C11H30O4Si3/c1-11(2,3)18(10,14-16(6,7)12-4)15-17(8,9)13-5/h1-10H3. The van der Waals surface area contributed by atoms with Crippen LogP contribution in [0.1, 0.15) is 20.8 Å². The van der Waals surface area contributed by atoms with Gasteiger partial charge in [-0.3, -0.25) is 0 Å². The van der Waals surface area contributed by atoms with Gasteiger partial charge in [0.15, 0.2) is 0 Å². The van der Waals surface area contributed by atoms with Crippen molar-refractivity contribution >= 4 is 25.7 Å². The summed E-state index contributed by atoms with van der Waals surface area (Å²) in [6, 6.07) is 0. The minimum Gasteiger partial charge on any atom is -0.415 e. The molecule has 0 rings (SSSR count). The monoisotopic (exact) mass is 310 g/mol. The normalized spacial score (nSPS) is 15.0. The molecule has 0 spiro atoms. The summed E-state index contributed by atoms with van der Waals surface area (Å²) in [5, 5.41) is -0.0292. The van der Waals surface area contributed by atoms with Crippen molar-refractivity contribution in [2.24, 2.45) is 0 Å². The van der Waals surface area contributed by atoms with E-state index in [0.717, 1.165) is 0 Å². The van der Waals surface area contributed by atoms with Crippen LogP contribution in [-0.2, 0) is 17.1 Å². The minimum atomic E-state index is -2.39. The van der Waals surface area contributed by atoms with Gasteiger partial charge < -0.3 is 17.1 Å². The van der Waals surface area contributed by atoms with Crippen molar-refractivity contribution in [2.75, 3.05) is 14.2 Å². The first-order chi connectivity index (χ1) is 7.79. The fourth-order valence-corrected chi connectivity index (χ4v) is 12.5. The van der Waals surface area contributed by atoms with Gasteiger partial charge in [0.05, 0.1) is 0 Å². The van der Waals surface area contributed by atoms with Gasteiger partial charge >= 0.3 is 25.7 Å². The molecule has 0 aliphatic carbocycles. The fourth-order valence-electron chi connectivity index (χ4n) is 1.35. The van der Waals surface area contributed by atoms with Crippen LogP contribution >= 0.6 is 0 Å². The van der Waals surface area contributed by atoms with Crippen LogP contribution in [0.2, 0.25) is 37.8 Å². The number of hydrogen-bond donors (Lipinski definition) is 0. The highest BCUT2D eigenvalue weighted by Crippen LogP contribution is 2.41. The van der Waals surface area contributed by atoms with Gasteiger partial charge in [-0.05, 0) is 32.7 Å². The molecule has 0 bridgehead atoms. The predicted octanol–water partition coefficient (Wildman–Crippen LogP) is 3.59. The SMILES string of the molecule is CO[Si](C)(C)O[Si](C)(O[Si](C)(C)OC)C(C)(C)C. The third-order valence-electron chi connectivity index (χ3n) is 3.23. The Balaban J connectivity index is 5.22. The topological polar surface area (TPSA) is 36.9 Å². The third-order valence-corrected chi connectivity index (χ3v) is 15.0. The molecule has 0 saturated carbocycles. The van der Waals surface area contributed by atoms with Gasteiger partial charge in [0, 0.05) is 19.3 Å². The van der Waals surface area contributed by atoms with Crippen molar-refractivity contribution in [3.63, 3.8) is 0 Å². The zero-order valence-electron chi connectivity index (χ0n) is 13.6. The molecule has 0 unspecified atom stereocenters. The smallest absolute Gasteiger partial charge is 0.322 e. The maximum Gasteiger partial charge on any atom is 0.322 e. The van der Waals surface area contributed by atoms with E-state index in [4.69, 9.17) is 17.1 Å². The predicted molar refractivity (Wildman–Crippen MR) is 82.5 cm³/mol. The van der Waals surface area contributed by atoms with Crippen LogP contribution in [0.25, 0.3) is 0 Å². The Hall–Kier alpha value is 0.491. The largest absolute Gasteiger partial charge is 0.415 e. The molecule has 0 aliphatic rings. The zero-order chi connectivity index (χ0) is 14.8. The Morgan fingerprint density at radius 3 is 1.11 bits per heavy atom. The lowest BCUT2D eigenvalue weighted by atomic mass is 10.3. The molecular formula is C11H30O4Si3. The first-order valence-corrected chi connectivity index (χ1v) is 14.2. The summed E-state index contributed by atoms with van der Waals surface area (Å²) in [5.74, 6) is 0. The van der Waals surface area contributed by atoms with Gasteiger partial charge in [0.2, 0.25) is 0 Å². The molecule has 0 amide bonds. The molecule has 0 aliphatic heterocycles.